The Balaban J connectivity index is 2.02. The predicted octanol–water partition coefficient (Wildman–Crippen LogP) is 4.85. The highest BCUT2D eigenvalue weighted by Gasteiger charge is 2.16. The van der Waals surface area contributed by atoms with Gasteiger partial charge in [-0.15, -0.1) is 0 Å². The Morgan fingerprint density at radius 2 is 1.66 bits per heavy atom. The summed E-state index contributed by atoms with van der Waals surface area (Å²) in [5, 5.41) is 0. The van der Waals surface area contributed by atoms with E-state index in [0.29, 0.717) is 17.8 Å². The van der Waals surface area contributed by atoms with E-state index < -0.39 is 21.7 Å². The third-order valence-electron chi connectivity index (χ3n) is 4.53. The Kier molecular flexibility index (Phi) is 6.17. The highest BCUT2D eigenvalue weighted by molar-refractivity contribution is 7.92. The van der Waals surface area contributed by atoms with E-state index in [1.54, 1.807) is 12.1 Å². The third kappa shape index (κ3) is 5.54. The Hall–Kier alpha value is -2.93. The molecule has 3 aromatic carbocycles. The van der Waals surface area contributed by atoms with Crippen molar-refractivity contribution in [2.24, 2.45) is 0 Å². The number of rotatable bonds is 7. The summed E-state index contributed by atoms with van der Waals surface area (Å²) in [4.78, 5) is 1.94. The Labute approximate surface area is 169 Å². The standard InChI is InChI=1S/C22H22F2N2O2S/c1-16-21(25-29(2,27)28)9-6-10-22(16)26(14-17-7-4-3-5-8-17)15-18-11-12-19(23)13-20(18)24/h3-13,25H,14-15H2,1-2H3. The molecule has 0 heterocycles. The van der Waals surface area contributed by atoms with E-state index in [2.05, 4.69) is 4.72 Å². The maximum Gasteiger partial charge on any atom is 0.229 e. The van der Waals surface area contributed by atoms with Crippen LogP contribution in [0.15, 0.2) is 66.7 Å². The third-order valence-corrected chi connectivity index (χ3v) is 5.12. The van der Waals surface area contributed by atoms with Gasteiger partial charge in [-0.25, -0.2) is 17.2 Å². The van der Waals surface area contributed by atoms with Crippen LogP contribution in [0.5, 0.6) is 0 Å². The van der Waals surface area contributed by atoms with E-state index in [9.17, 15) is 17.2 Å². The van der Waals surface area contributed by atoms with Crippen LogP contribution in [0.2, 0.25) is 0 Å². The molecule has 0 fully saturated rings. The normalized spacial score (nSPS) is 11.3. The molecular weight excluding hydrogens is 394 g/mol. The molecule has 152 valence electrons. The molecule has 29 heavy (non-hydrogen) atoms. The lowest BCUT2D eigenvalue weighted by Crippen LogP contribution is -2.24. The van der Waals surface area contributed by atoms with Gasteiger partial charge in [0.15, 0.2) is 0 Å². The summed E-state index contributed by atoms with van der Waals surface area (Å²) >= 11 is 0. The average molecular weight is 416 g/mol. The fourth-order valence-electron chi connectivity index (χ4n) is 3.16. The molecule has 0 amide bonds. The molecule has 0 saturated heterocycles. The van der Waals surface area contributed by atoms with Crippen LogP contribution in [0.3, 0.4) is 0 Å². The zero-order chi connectivity index (χ0) is 21.0. The van der Waals surface area contributed by atoms with E-state index >= 15 is 0 Å². The lowest BCUT2D eigenvalue weighted by atomic mass is 10.1. The lowest BCUT2D eigenvalue weighted by Gasteiger charge is -2.28. The van der Waals surface area contributed by atoms with E-state index in [0.717, 1.165) is 29.1 Å². The molecule has 3 aromatic rings. The fourth-order valence-corrected chi connectivity index (χ4v) is 3.78. The monoisotopic (exact) mass is 416 g/mol. The first-order valence-corrected chi connectivity index (χ1v) is 10.9. The molecular formula is C22H22F2N2O2S. The zero-order valence-electron chi connectivity index (χ0n) is 16.2. The first-order chi connectivity index (χ1) is 13.7. The molecule has 0 bridgehead atoms. The number of anilines is 2. The summed E-state index contributed by atoms with van der Waals surface area (Å²) in [6.07, 6.45) is 1.09. The summed E-state index contributed by atoms with van der Waals surface area (Å²) in [6, 6.07) is 18.5. The van der Waals surface area contributed by atoms with Gasteiger partial charge in [-0.3, -0.25) is 4.72 Å². The summed E-state index contributed by atoms with van der Waals surface area (Å²) in [5.74, 6) is -1.25. The van der Waals surface area contributed by atoms with Gasteiger partial charge >= 0.3 is 0 Å². The van der Waals surface area contributed by atoms with Gasteiger partial charge in [0.2, 0.25) is 10.0 Å². The molecule has 1 N–H and O–H groups in total. The summed E-state index contributed by atoms with van der Waals surface area (Å²) in [7, 11) is -3.44. The van der Waals surface area contributed by atoms with E-state index in [1.165, 1.54) is 12.1 Å². The van der Waals surface area contributed by atoms with Crippen molar-refractivity contribution >= 4 is 21.4 Å². The first kappa shape index (κ1) is 20.8. The van der Waals surface area contributed by atoms with Gasteiger partial charge < -0.3 is 4.90 Å². The Morgan fingerprint density at radius 3 is 2.31 bits per heavy atom. The van der Waals surface area contributed by atoms with Gasteiger partial charge in [-0.05, 0) is 36.2 Å². The van der Waals surface area contributed by atoms with Crippen LogP contribution in [0.25, 0.3) is 0 Å². The SMILES string of the molecule is Cc1c(NS(C)(=O)=O)cccc1N(Cc1ccccc1)Cc1ccc(F)cc1F. The highest BCUT2D eigenvalue weighted by atomic mass is 32.2. The van der Waals surface area contributed by atoms with Crippen molar-refractivity contribution in [3.8, 4) is 0 Å². The largest absolute Gasteiger partial charge is 0.362 e. The second kappa shape index (κ2) is 8.61. The van der Waals surface area contributed by atoms with Crippen LogP contribution in [0.1, 0.15) is 16.7 Å². The quantitative estimate of drug-likeness (QED) is 0.599. The van der Waals surface area contributed by atoms with Gasteiger partial charge in [0.25, 0.3) is 0 Å². The van der Waals surface area contributed by atoms with Gasteiger partial charge in [0.1, 0.15) is 11.6 Å². The number of hydrogen-bond donors (Lipinski definition) is 1. The summed E-state index contributed by atoms with van der Waals surface area (Å²) < 4.78 is 53.5. The molecule has 4 nitrogen and oxygen atoms in total. The van der Waals surface area contributed by atoms with Gasteiger partial charge in [0, 0.05) is 30.4 Å². The zero-order valence-corrected chi connectivity index (χ0v) is 17.0. The van der Waals surface area contributed by atoms with Gasteiger partial charge in [0.05, 0.1) is 11.9 Å². The van der Waals surface area contributed by atoms with Crippen LogP contribution < -0.4 is 9.62 Å². The number of hydrogen-bond acceptors (Lipinski definition) is 3. The Morgan fingerprint density at radius 1 is 0.931 bits per heavy atom. The molecule has 0 unspecified atom stereocenters. The topological polar surface area (TPSA) is 49.4 Å². The molecule has 0 aromatic heterocycles. The van der Waals surface area contributed by atoms with Crippen molar-refractivity contribution in [2.45, 2.75) is 20.0 Å². The summed E-state index contributed by atoms with van der Waals surface area (Å²) in [5.41, 5.74) is 3.30. The van der Waals surface area contributed by atoms with Crippen molar-refractivity contribution < 1.29 is 17.2 Å². The summed E-state index contributed by atoms with van der Waals surface area (Å²) in [6.45, 7) is 2.48. The molecule has 0 atom stereocenters. The van der Waals surface area contributed by atoms with Crippen LogP contribution in [0.4, 0.5) is 20.2 Å². The van der Waals surface area contributed by atoms with Crippen LogP contribution in [-0.2, 0) is 23.1 Å². The lowest BCUT2D eigenvalue weighted by molar-refractivity contribution is 0.568. The van der Waals surface area contributed by atoms with Crippen molar-refractivity contribution in [2.75, 3.05) is 15.9 Å². The number of nitrogens with zero attached hydrogens (tertiary/aromatic N) is 1. The van der Waals surface area contributed by atoms with E-state index in [4.69, 9.17) is 0 Å². The second-order valence-corrected chi connectivity index (χ2v) is 8.65. The van der Waals surface area contributed by atoms with Crippen LogP contribution in [0, 0.1) is 18.6 Å². The number of nitrogens with one attached hydrogen (secondary N) is 1. The van der Waals surface area contributed by atoms with Crippen molar-refractivity contribution in [1.82, 2.24) is 0 Å². The maximum atomic E-state index is 14.3. The molecule has 7 heteroatoms. The molecule has 0 saturated carbocycles. The minimum Gasteiger partial charge on any atom is -0.362 e. The molecule has 0 spiro atoms. The minimum atomic E-state index is -3.44. The van der Waals surface area contributed by atoms with Crippen LogP contribution >= 0.6 is 0 Å². The van der Waals surface area contributed by atoms with E-state index in [1.807, 2.05) is 48.2 Å². The highest BCUT2D eigenvalue weighted by Crippen LogP contribution is 2.30. The fraction of sp³-hybridized carbons (Fsp3) is 0.182. The van der Waals surface area contributed by atoms with E-state index in [-0.39, 0.29) is 6.54 Å². The number of halogens is 2. The molecule has 3 rings (SSSR count). The Bertz CT molecular complexity index is 1100. The van der Waals surface area contributed by atoms with Gasteiger partial charge in [-0.2, -0.15) is 0 Å². The van der Waals surface area contributed by atoms with Crippen LogP contribution in [-0.4, -0.2) is 14.7 Å². The molecule has 0 aliphatic heterocycles. The molecule has 0 radical (unpaired) electrons. The molecule has 0 aliphatic rings. The smallest absolute Gasteiger partial charge is 0.229 e. The van der Waals surface area contributed by atoms with Gasteiger partial charge in [-0.1, -0.05) is 42.5 Å². The molecule has 0 aliphatic carbocycles. The second-order valence-electron chi connectivity index (χ2n) is 6.90. The first-order valence-electron chi connectivity index (χ1n) is 9.03. The predicted molar refractivity (Wildman–Crippen MR) is 112 cm³/mol. The minimum absolute atomic E-state index is 0.199. The average Bonchev–Trinajstić information content (AvgIpc) is 2.65. The number of sulfonamides is 1. The van der Waals surface area contributed by atoms with Crippen molar-refractivity contribution in [3.05, 3.63) is 95.1 Å². The van der Waals surface area contributed by atoms with Crippen molar-refractivity contribution in [1.29, 1.82) is 0 Å². The van der Waals surface area contributed by atoms with Crippen molar-refractivity contribution in [3.63, 3.8) is 0 Å². The maximum absolute atomic E-state index is 14.3. The number of benzene rings is 3.